The summed E-state index contributed by atoms with van der Waals surface area (Å²) in [6.45, 7) is 8.30. The molecule has 0 unspecified atom stereocenters. The molecule has 434 valence electrons. The second-order valence-electron chi connectivity index (χ2n) is 22.7. The molecule has 6 aromatic heterocycles. The molecule has 0 N–H and O–H groups in total. The highest BCUT2D eigenvalue weighted by atomic mass is 19.4. The number of benzene rings is 10. The van der Waals surface area contributed by atoms with E-state index in [0.29, 0.717) is 38.9 Å². The van der Waals surface area contributed by atoms with Crippen molar-refractivity contribution in [3.05, 3.63) is 321 Å². The number of fused-ring (bicyclic) bond motifs is 6. The Balaban J connectivity index is 1.02. The maximum Gasteiger partial charge on any atom is 0.418 e. The molecule has 0 fully saturated rings. The largest absolute Gasteiger partial charge is 0.418 e. The van der Waals surface area contributed by atoms with Gasteiger partial charge in [0.1, 0.15) is 0 Å². The van der Waals surface area contributed by atoms with Crippen LogP contribution in [0.1, 0.15) is 5.56 Å². The fraction of sp³-hybridized carbons (Fsp3) is 0.0122. The van der Waals surface area contributed by atoms with E-state index in [4.69, 9.17) is 26.5 Å². The minimum Gasteiger partial charge on any atom is -0.309 e. The third-order valence-corrected chi connectivity index (χ3v) is 17.4. The molecule has 0 bridgehead atoms. The van der Waals surface area contributed by atoms with Gasteiger partial charge in [-0.3, -0.25) is 19.9 Å². The summed E-state index contributed by atoms with van der Waals surface area (Å²) in [7, 11) is 0. The van der Waals surface area contributed by atoms with E-state index in [9.17, 15) is 0 Å². The minimum atomic E-state index is -4.94. The van der Waals surface area contributed by atoms with Gasteiger partial charge in [0.15, 0.2) is 5.69 Å². The standard InChI is InChI=1S/C82H50F3N7/c1-86-61-28-14-27-56(45-61)70-50-77(92-74-48-59(64-31-17-43-89-80(64)54-23-10-4-11-24-54)35-39-68(74)69-40-36-60(49-75(69)92)65-32-18-44-90-81(65)55-25-12-5-13-26-55)71(82(83,84)85)51-76(70)91-72-46-57(62-29-15-41-87-78(62)52-19-6-2-7-20-52)33-37-66(72)67-38-34-58(47-73(67)91)63-30-16-42-88-79(63)53-21-8-3-9-22-53/h2-51H. The van der Waals surface area contributed by atoms with Gasteiger partial charge in [-0.25, -0.2) is 4.85 Å². The molecule has 0 aliphatic heterocycles. The van der Waals surface area contributed by atoms with Crippen LogP contribution in [0.2, 0.25) is 0 Å². The van der Waals surface area contributed by atoms with Gasteiger partial charge in [0.25, 0.3) is 0 Å². The number of pyridine rings is 4. The van der Waals surface area contributed by atoms with Crippen molar-refractivity contribution < 1.29 is 13.2 Å². The van der Waals surface area contributed by atoms with Crippen molar-refractivity contribution in [2.75, 3.05) is 0 Å². The highest BCUT2D eigenvalue weighted by molar-refractivity contribution is 6.14. The topological polar surface area (TPSA) is 65.8 Å². The first-order valence-corrected chi connectivity index (χ1v) is 30.2. The van der Waals surface area contributed by atoms with Gasteiger partial charge in [0, 0.05) is 96.4 Å². The molecular weight excluding hydrogens is 1140 g/mol. The van der Waals surface area contributed by atoms with Crippen LogP contribution in [-0.2, 0) is 6.18 Å². The highest BCUT2D eigenvalue weighted by Crippen LogP contribution is 2.48. The van der Waals surface area contributed by atoms with Crippen LogP contribution < -0.4 is 0 Å². The lowest BCUT2D eigenvalue weighted by Gasteiger charge is -2.23. The van der Waals surface area contributed by atoms with E-state index in [0.717, 1.165) is 111 Å². The van der Waals surface area contributed by atoms with Gasteiger partial charge in [0.05, 0.1) is 68.4 Å². The summed E-state index contributed by atoms with van der Waals surface area (Å²) in [5.74, 6) is 0. The Hall–Kier alpha value is -12.3. The molecule has 10 heteroatoms. The van der Waals surface area contributed by atoms with Crippen LogP contribution >= 0.6 is 0 Å². The molecule has 0 radical (unpaired) electrons. The molecule has 16 rings (SSSR count). The third-order valence-electron chi connectivity index (χ3n) is 17.4. The summed E-state index contributed by atoms with van der Waals surface area (Å²) in [6.07, 6.45) is 2.12. The normalized spacial score (nSPS) is 11.6. The van der Waals surface area contributed by atoms with Gasteiger partial charge in [-0.05, 0) is 94.5 Å². The Kier molecular flexibility index (Phi) is 13.6. The van der Waals surface area contributed by atoms with Crippen LogP contribution in [0.5, 0.6) is 0 Å². The van der Waals surface area contributed by atoms with Crippen molar-refractivity contribution in [3.8, 4) is 112 Å². The zero-order valence-electron chi connectivity index (χ0n) is 49.1. The number of aromatic nitrogens is 6. The van der Waals surface area contributed by atoms with Gasteiger partial charge in [-0.2, -0.15) is 13.2 Å². The summed E-state index contributed by atoms with van der Waals surface area (Å²) in [4.78, 5) is 23.5. The summed E-state index contributed by atoms with van der Waals surface area (Å²) < 4.78 is 56.0. The van der Waals surface area contributed by atoms with Crippen molar-refractivity contribution in [3.63, 3.8) is 0 Å². The van der Waals surface area contributed by atoms with Crippen molar-refractivity contribution in [2.24, 2.45) is 0 Å². The fourth-order valence-corrected chi connectivity index (χ4v) is 13.2. The lowest BCUT2D eigenvalue weighted by Crippen LogP contribution is -2.13. The van der Waals surface area contributed by atoms with Gasteiger partial charge in [0.2, 0.25) is 0 Å². The average molecular weight is 1190 g/mol. The van der Waals surface area contributed by atoms with E-state index < -0.39 is 11.7 Å². The molecule has 16 aromatic rings. The maximum absolute atomic E-state index is 17.4. The average Bonchev–Trinajstić information content (AvgIpc) is 1.54. The van der Waals surface area contributed by atoms with Gasteiger partial charge in [-0.1, -0.05) is 212 Å². The molecule has 92 heavy (non-hydrogen) atoms. The van der Waals surface area contributed by atoms with E-state index in [1.165, 1.54) is 6.07 Å². The predicted molar refractivity (Wildman–Crippen MR) is 366 cm³/mol. The summed E-state index contributed by atoms with van der Waals surface area (Å²) in [5, 5.41) is 3.15. The van der Waals surface area contributed by atoms with E-state index >= 15 is 13.2 Å². The van der Waals surface area contributed by atoms with Crippen LogP contribution in [-0.4, -0.2) is 29.1 Å². The monoisotopic (exact) mass is 1190 g/mol. The van der Waals surface area contributed by atoms with Crippen molar-refractivity contribution in [2.45, 2.75) is 6.18 Å². The number of halogens is 3. The summed E-state index contributed by atoms with van der Waals surface area (Å²) in [5.41, 5.74) is 16.2. The molecule has 7 nitrogen and oxygen atoms in total. The van der Waals surface area contributed by atoms with Crippen LogP contribution in [0.25, 0.3) is 160 Å². The highest BCUT2D eigenvalue weighted by Gasteiger charge is 2.37. The third kappa shape index (κ3) is 9.64. The van der Waals surface area contributed by atoms with Crippen LogP contribution in [0, 0.1) is 6.57 Å². The van der Waals surface area contributed by atoms with E-state index in [-0.39, 0.29) is 11.4 Å². The first-order valence-electron chi connectivity index (χ1n) is 30.2. The predicted octanol–water partition coefficient (Wildman–Crippen LogP) is 22.0. The van der Waals surface area contributed by atoms with Gasteiger partial charge < -0.3 is 9.13 Å². The number of hydrogen-bond donors (Lipinski definition) is 0. The van der Waals surface area contributed by atoms with Crippen molar-refractivity contribution in [1.29, 1.82) is 0 Å². The van der Waals surface area contributed by atoms with Crippen LogP contribution in [0.3, 0.4) is 0 Å². The number of hydrogen-bond acceptors (Lipinski definition) is 4. The molecule has 10 aromatic carbocycles. The lowest BCUT2D eigenvalue weighted by atomic mass is 9.97. The zero-order chi connectivity index (χ0) is 61.9. The maximum atomic E-state index is 17.4. The van der Waals surface area contributed by atoms with Gasteiger partial charge >= 0.3 is 6.18 Å². The zero-order valence-corrected chi connectivity index (χ0v) is 49.1. The number of nitrogens with zero attached hydrogens (tertiary/aromatic N) is 7. The minimum absolute atomic E-state index is 0.101. The Bertz CT molecular complexity index is 5300. The lowest BCUT2D eigenvalue weighted by molar-refractivity contribution is -0.137. The van der Waals surface area contributed by atoms with Crippen molar-refractivity contribution in [1.82, 2.24) is 29.1 Å². The summed E-state index contributed by atoms with van der Waals surface area (Å²) >= 11 is 0. The summed E-state index contributed by atoms with van der Waals surface area (Å²) in [6, 6.07) is 90.0. The molecule has 0 aliphatic rings. The molecule has 0 saturated heterocycles. The van der Waals surface area contributed by atoms with E-state index in [2.05, 4.69) is 41.2 Å². The molecule has 0 aliphatic carbocycles. The molecule has 0 amide bonds. The SMILES string of the molecule is [C-]#[N+]c1cccc(-c2cc(-n3c4cc(-c5cccnc5-c5ccccc5)ccc4c4ccc(-c5cccnc5-c5ccccc5)cc43)c(C(F)(F)F)cc2-n2c3cc(-c4cccnc4-c4ccccc4)ccc3c3ccc(-c4cccnc4-c4ccccc4)cc32)c1. The Morgan fingerprint density at radius 3 is 0.924 bits per heavy atom. The molecular formula is C82H50F3N7. The van der Waals surface area contributed by atoms with Gasteiger partial charge in [-0.15, -0.1) is 0 Å². The molecule has 0 atom stereocenters. The first kappa shape index (κ1) is 55.0. The molecule has 0 spiro atoms. The van der Waals surface area contributed by atoms with E-state index in [1.54, 1.807) is 53.6 Å². The van der Waals surface area contributed by atoms with Crippen molar-refractivity contribution >= 4 is 49.3 Å². The second kappa shape index (κ2) is 22.7. The Morgan fingerprint density at radius 1 is 0.283 bits per heavy atom. The Morgan fingerprint density at radius 2 is 0.598 bits per heavy atom. The van der Waals surface area contributed by atoms with Crippen LogP contribution in [0.15, 0.2) is 304 Å². The molecule has 6 heterocycles. The Labute approximate surface area is 527 Å². The second-order valence-corrected chi connectivity index (χ2v) is 22.7. The fourth-order valence-electron chi connectivity index (χ4n) is 13.2. The molecule has 0 saturated carbocycles. The number of rotatable bonds is 11. The van der Waals surface area contributed by atoms with Crippen LogP contribution in [0.4, 0.5) is 18.9 Å². The van der Waals surface area contributed by atoms with E-state index in [1.807, 2.05) is 217 Å². The quantitative estimate of drug-likeness (QED) is 0.121. The smallest absolute Gasteiger partial charge is 0.309 e. The number of alkyl halides is 3. The first-order chi connectivity index (χ1) is 45.2.